The number of anilines is 1. The van der Waals surface area contributed by atoms with Gasteiger partial charge in [0.25, 0.3) is 5.91 Å². The van der Waals surface area contributed by atoms with Crippen molar-refractivity contribution in [1.29, 1.82) is 0 Å². The fourth-order valence-electron chi connectivity index (χ4n) is 3.57. The van der Waals surface area contributed by atoms with Gasteiger partial charge in [-0.1, -0.05) is 12.1 Å². The summed E-state index contributed by atoms with van der Waals surface area (Å²) in [5, 5.41) is 2.97. The van der Waals surface area contributed by atoms with Crippen LogP contribution >= 0.6 is 0 Å². The van der Waals surface area contributed by atoms with Crippen LogP contribution in [0.4, 0.5) is 5.69 Å². The predicted molar refractivity (Wildman–Crippen MR) is 113 cm³/mol. The second kappa shape index (κ2) is 8.21. The number of benzene rings is 1. The first-order valence-corrected chi connectivity index (χ1v) is 10.1. The summed E-state index contributed by atoms with van der Waals surface area (Å²) < 4.78 is 8.19. The Balaban J connectivity index is 1.50. The number of hydrogen-bond acceptors (Lipinski definition) is 5. The van der Waals surface area contributed by atoms with Crippen LogP contribution in [0.15, 0.2) is 42.9 Å². The number of aromatic nitrogens is 3. The van der Waals surface area contributed by atoms with Crippen molar-refractivity contribution in [2.24, 2.45) is 0 Å². The van der Waals surface area contributed by atoms with Gasteiger partial charge in [-0.3, -0.25) is 4.79 Å². The van der Waals surface area contributed by atoms with E-state index in [0.717, 1.165) is 31.6 Å². The summed E-state index contributed by atoms with van der Waals surface area (Å²) in [5.74, 6) is 0.478. The monoisotopic (exact) mass is 393 g/mol. The molecule has 0 saturated carbocycles. The molecule has 0 aliphatic carbocycles. The van der Waals surface area contributed by atoms with Gasteiger partial charge in [0.1, 0.15) is 17.4 Å². The van der Waals surface area contributed by atoms with E-state index in [-0.39, 0.29) is 18.1 Å². The van der Waals surface area contributed by atoms with Crippen LogP contribution in [0.5, 0.6) is 5.75 Å². The Morgan fingerprint density at radius 1 is 1.21 bits per heavy atom. The van der Waals surface area contributed by atoms with E-state index < -0.39 is 0 Å². The van der Waals surface area contributed by atoms with Crippen molar-refractivity contribution in [3.8, 4) is 5.75 Å². The minimum atomic E-state index is -0.224. The predicted octanol–water partition coefficient (Wildman–Crippen LogP) is 3.74. The van der Waals surface area contributed by atoms with Gasteiger partial charge in [0.05, 0.1) is 17.6 Å². The van der Waals surface area contributed by atoms with E-state index in [2.05, 4.69) is 41.1 Å². The number of para-hydroxylation sites is 2. The first-order chi connectivity index (χ1) is 14.0. The number of pyridine rings is 1. The molecule has 3 heterocycles. The van der Waals surface area contributed by atoms with E-state index in [1.54, 1.807) is 18.6 Å². The number of ether oxygens (including phenoxy) is 1. The minimum Gasteiger partial charge on any atom is -0.488 e. The van der Waals surface area contributed by atoms with Gasteiger partial charge in [0.2, 0.25) is 0 Å². The summed E-state index contributed by atoms with van der Waals surface area (Å²) in [6.45, 7) is 6.19. The summed E-state index contributed by atoms with van der Waals surface area (Å²) in [4.78, 5) is 24.0. The summed E-state index contributed by atoms with van der Waals surface area (Å²) in [7, 11) is 2.12. The number of nitrogens with one attached hydrogen (secondary N) is 1. The molecule has 0 bridgehead atoms. The number of fused-ring (bicyclic) bond motifs is 1. The Hall–Kier alpha value is -2.93. The van der Waals surface area contributed by atoms with Crippen molar-refractivity contribution < 1.29 is 9.53 Å². The molecule has 29 heavy (non-hydrogen) atoms. The molecule has 152 valence electrons. The fourth-order valence-corrected chi connectivity index (χ4v) is 3.57. The molecule has 0 radical (unpaired) electrons. The first kappa shape index (κ1) is 19.4. The van der Waals surface area contributed by atoms with Crippen molar-refractivity contribution in [1.82, 2.24) is 19.4 Å². The zero-order valence-corrected chi connectivity index (χ0v) is 17.1. The van der Waals surface area contributed by atoms with Gasteiger partial charge >= 0.3 is 0 Å². The Morgan fingerprint density at radius 2 is 1.97 bits per heavy atom. The van der Waals surface area contributed by atoms with E-state index in [4.69, 9.17) is 4.74 Å². The Labute approximate surface area is 170 Å². The highest BCUT2D eigenvalue weighted by molar-refractivity contribution is 6.06. The van der Waals surface area contributed by atoms with Crippen LogP contribution in [0.3, 0.4) is 0 Å². The van der Waals surface area contributed by atoms with E-state index in [1.807, 2.05) is 28.8 Å². The number of nitrogens with zero attached hydrogens (tertiary/aromatic N) is 4. The van der Waals surface area contributed by atoms with Gasteiger partial charge in [0, 0.05) is 25.3 Å². The lowest BCUT2D eigenvalue weighted by molar-refractivity contribution is 0.102. The van der Waals surface area contributed by atoms with Crippen molar-refractivity contribution in [2.75, 3.05) is 25.5 Å². The first-order valence-electron chi connectivity index (χ1n) is 10.1. The Morgan fingerprint density at radius 3 is 2.72 bits per heavy atom. The van der Waals surface area contributed by atoms with E-state index in [0.29, 0.717) is 22.5 Å². The smallest absolute Gasteiger partial charge is 0.257 e. The SMILES string of the molecule is CC(C)n1cnc2cc(C(=O)Nc3ccccc3OC3CCN(C)CC3)cnc21. The molecule has 1 amide bonds. The molecule has 3 aromatic rings. The van der Waals surface area contributed by atoms with Gasteiger partial charge in [-0.2, -0.15) is 0 Å². The molecular weight excluding hydrogens is 366 g/mol. The molecule has 1 saturated heterocycles. The lowest BCUT2D eigenvalue weighted by Crippen LogP contribution is -2.35. The number of hydrogen-bond donors (Lipinski definition) is 1. The molecule has 1 N–H and O–H groups in total. The molecule has 0 unspecified atom stereocenters. The van der Waals surface area contributed by atoms with Crippen molar-refractivity contribution in [3.63, 3.8) is 0 Å². The summed E-state index contributed by atoms with van der Waals surface area (Å²) in [5.41, 5.74) is 2.63. The number of carbonyl (C=O) groups is 1. The van der Waals surface area contributed by atoms with E-state index in [1.165, 1.54) is 0 Å². The second-order valence-electron chi connectivity index (χ2n) is 7.88. The largest absolute Gasteiger partial charge is 0.488 e. The van der Waals surface area contributed by atoms with Gasteiger partial charge < -0.3 is 19.5 Å². The normalized spacial score (nSPS) is 15.7. The van der Waals surface area contributed by atoms with Crippen LogP contribution in [0.25, 0.3) is 11.2 Å². The quantitative estimate of drug-likeness (QED) is 0.715. The number of imidazole rings is 1. The highest BCUT2D eigenvalue weighted by Gasteiger charge is 2.20. The van der Waals surface area contributed by atoms with Crippen LogP contribution < -0.4 is 10.1 Å². The average molecular weight is 393 g/mol. The van der Waals surface area contributed by atoms with Gasteiger partial charge in [-0.25, -0.2) is 9.97 Å². The molecule has 1 fully saturated rings. The lowest BCUT2D eigenvalue weighted by Gasteiger charge is -2.29. The molecule has 0 spiro atoms. The molecular formula is C22H27N5O2. The van der Waals surface area contributed by atoms with Crippen LogP contribution in [-0.4, -0.2) is 51.6 Å². The summed E-state index contributed by atoms with van der Waals surface area (Å²) >= 11 is 0. The lowest BCUT2D eigenvalue weighted by atomic mass is 10.1. The summed E-state index contributed by atoms with van der Waals surface area (Å²) in [6, 6.07) is 9.61. The average Bonchev–Trinajstić information content (AvgIpc) is 3.14. The van der Waals surface area contributed by atoms with Gasteiger partial charge in [0.15, 0.2) is 5.65 Å². The Bertz CT molecular complexity index is 1010. The number of amides is 1. The molecule has 0 atom stereocenters. The molecule has 1 aliphatic heterocycles. The maximum absolute atomic E-state index is 12.8. The van der Waals surface area contributed by atoms with Crippen molar-refractivity contribution in [3.05, 3.63) is 48.4 Å². The highest BCUT2D eigenvalue weighted by Crippen LogP contribution is 2.28. The number of rotatable bonds is 5. The van der Waals surface area contributed by atoms with Gasteiger partial charge in [-0.15, -0.1) is 0 Å². The van der Waals surface area contributed by atoms with E-state index >= 15 is 0 Å². The van der Waals surface area contributed by atoms with Crippen molar-refractivity contribution in [2.45, 2.75) is 38.8 Å². The zero-order valence-electron chi connectivity index (χ0n) is 17.1. The maximum Gasteiger partial charge on any atom is 0.257 e. The highest BCUT2D eigenvalue weighted by atomic mass is 16.5. The fraction of sp³-hybridized carbons (Fsp3) is 0.409. The minimum absolute atomic E-state index is 0.169. The number of likely N-dealkylation sites (tertiary alicyclic amines) is 1. The second-order valence-corrected chi connectivity index (χ2v) is 7.88. The van der Waals surface area contributed by atoms with E-state index in [9.17, 15) is 4.79 Å². The third kappa shape index (κ3) is 4.24. The maximum atomic E-state index is 12.8. The van der Waals surface area contributed by atoms with Crippen LogP contribution in [0.2, 0.25) is 0 Å². The molecule has 2 aromatic heterocycles. The van der Waals surface area contributed by atoms with Crippen molar-refractivity contribution >= 4 is 22.8 Å². The standard InChI is InChI=1S/C22H27N5O2/c1-15(2)27-14-24-19-12-16(13-23-21(19)27)22(28)25-18-6-4-5-7-20(18)29-17-8-10-26(3)11-9-17/h4-7,12-15,17H,8-11H2,1-3H3,(H,25,28). The van der Waals surface area contributed by atoms with Crippen LogP contribution in [-0.2, 0) is 0 Å². The zero-order chi connectivity index (χ0) is 20.4. The molecule has 7 nitrogen and oxygen atoms in total. The number of piperidine rings is 1. The molecule has 1 aliphatic rings. The summed E-state index contributed by atoms with van der Waals surface area (Å²) in [6.07, 6.45) is 5.49. The molecule has 1 aromatic carbocycles. The molecule has 4 rings (SSSR count). The number of carbonyl (C=O) groups excluding carboxylic acids is 1. The topological polar surface area (TPSA) is 72.3 Å². The molecule has 7 heteroatoms. The van der Waals surface area contributed by atoms with Crippen LogP contribution in [0.1, 0.15) is 43.1 Å². The third-order valence-corrected chi connectivity index (χ3v) is 5.33. The van der Waals surface area contributed by atoms with Crippen LogP contribution in [0, 0.1) is 0 Å². The third-order valence-electron chi connectivity index (χ3n) is 5.33. The Kier molecular flexibility index (Phi) is 5.49. The van der Waals surface area contributed by atoms with Gasteiger partial charge in [-0.05, 0) is 51.9 Å².